The molecular formula is C14H17Cl2N3. The van der Waals surface area contributed by atoms with Crippen molar-refractivity contribution in [3.05, 3.63) is 52.0 Å². The maximum Gasteiger partial charge on any atom is 0.0947 e. The van der Waals surface area contributed by atoms with Crippen LogP contribution in [0.3, 0.4) is 0 Å². The summed E-state index contributed by atoms with van der Waals surface area (Å²) < 4.78 is 1.95. The molecule has 0 aliphatic rings. The molecule has 0 saturated heterocycles. The third-order valence-corrected chi connectivity index (χ3v) is 3.56. The summed E-state index contributed by atoms with van der Waals surface area (Å²) in [6.07, 6.45) is 4.63. The van der Waals surface area contributed by atoms with Crippen molar-refractivity contribution in [2.24, 2.45) is 7.05 Å². The van der Waals surface area contributed by atoms with Crippen molar-refractivity contribution >= 4 is 23.2 Å². The zero-order valence-electron chi connectivity index (χ0n) is 11.0. The first kappa shape index (κ1) is 14.4. The van der Waals surface area contributed by atoms with Gasteiger partial charge in [0.25, 0.3) is 0 Å². The van der Waals surface area contributed by atoms with Crippen molar-refractivity contribution in [1.29, 1.82) is 0 Å². The molecule has 0 aliphatic heterocycles. The highest BCUT2D eigenvalue weighted by Gasteiger charge is 2.15. The lowest BCUT2D eigenvalue weighted by Gasteiger charge is -2.16. The Bertz CT molecular complexity index is 551. The second kappa shape index (κ2) is 6.42. The number of halogens is 2. The first-order valence-electron chi connectivity index (χ1n) is 6.25. The molecule has 1 heterocycles. The largest absolute Gasteiger partial charge is 0.340 e. The SMILES string of the molecule is CCNC(Cc1ccc(Cl)cc1Cl)c1cn(C)cn1. The third kappa shape index (κ3) is 3.72. The predicted molar refractivity (Wildman–Crippen MR) is 79.8 cm³/mol. The average molecular weight is 298 g/mol. The molecule has 1 aromatic carbocycles. The lowest BCUT2D eigenvalue weighted by Crippen LogP contribution is -2.23. The summed E-state index contributed by atoms with van der Waals surface area (Å²) >= 11 is 12.1. The quantitative estimate of drug-likeness (QED) is 0.913. The van der Waals surface area contributed by atoms with Gasteiger partial charge in [-0.25, -0.2) is 4.98 Å². The topological polar surface area (TPSA) is 29.9 Å². The van der Waals surface area contributed by atoms with Gasteiger partial charge in [-0.2, -0.15) is 0 Å². The van der Waals surface area contributed by atoms with Crippen molar-refractivity contribution in [3.63, 3.8) is 0 Å². The van der Waals surface area contributed by atoms with E-state index in [4.69, 9.17) is 23.2 Å². The average Bonchev–Trinajstić information content (AvgIpc) is 2.78. The van der Waals surface area contributed by atoms with Gasteiger partial charge in [-0.15, -0.1) is 0 Å². The van der Waals surface area contributed by atoms with Gasteiger partial charge in [0.2, 0.25) is 0 Å². The smallest absolute Gasteiger partial charge is 0.0947 e. The fraction of sp³-hybridized carbons (Fsp3) is 0.357. The highest BCUT2D eigenvalue weighted by molar-refractivity contribution is 6.35. The number of likely N-dealkylation sites (N-methyl/N-ethyl adjacent to an activating group) is 1. The van der Waals surface area contributed by atoms with Gasteiger partial charge < -0.3 is 9.88 Å². The molecule has 0 amide bonds. The van der Waals surface area contributed by atoms with Crippen molar-refractivity contribution < 1.29 is 0 Å². The van der Waals surface area contributed by atoms with Gasteiger partial charge in [0.1, 0.15) is 0 Å². The van der Waals surface area contributed by atoms with Gasteiger partial charge in [-0.05, 0) is 30.7 Å². The molecule has 5 heteroatoms. The number of hydrogen-bond donors (Lipinski definition) is 1. The van der Waals surface area contributed by atoms with E-state index in [2.05, 4.69) is 17.2 Å². The molecule has 0 fully saturated rings. The van der Waals surface area contributed by atoms with Crippen molar-refractivity contribution in [3.8, 4) is 0 Å². The molecule has 102 valence electrons. The Labute approximate surface area is 123 Å². The van der Waals surface area contributed by atoms with Gasteiger partial charge in [0, 0.05) is 23.3 Å². The summed E-state index contributed by atoms with van der Waals surface area (Å²) in [5.41, 5.74) is 2.10. The standard InChI is InChI=1S/C14H17Cl2N3/c1-3-17-13(14-8-19(2)9-18-14)6-10-4-5-11(15)7-12(10)16/h4-5,7-9,13,17H,3,6H2,1-2H3. The molecule has 1 aromatic heterocycles. The van der Waals surface area contributed by atoms with Crippen molar-refractivity contribution in [2.45, 2.75) is 19.4 Å². The number of aromatic nitrogens is 2. The van der Waals surface area contributed by atoms with E-state index in [1.54, 1.807) is 6.07 Å². The Kier molecular flexibility index (Phi) is 4.86. The molecule has 3 nitrogen and oxygen atoms in total. The van der Waals surface area contributed by atoms with Crippen LogP contribution in [-0.2, 0) is 13.5 Å². The van der Waals surface area contributed by atoms with Gasteiger partial charge in [-0.3, -0.25) is 0 Å². The predicted octanol–water partition coefficient (Wildman–Crippen LogP) is 3.62. The first-order chi connectivity index (χ1) is 9.10. The number of aryl methyl sites for hydroxylation is 1. The molecule has 1 N–H and O–H groups in total. The number of hydrogen-bond acceptors (Lipinski definition) is 2. The zero-order valence-corrected chi connectivity index (χ0v) is 12.5. The van der Waals surface area contributed by atoms with E-state index in [1.807, 2.05) is 36.3 Å². The minimum atomic E-state index is 0.157. The van der Waals surface area contributed by atoms with Gasteiger partial charge in [0.15, 0.2) is 0 Å². The molecule has 0 spiro atoms. The Hall–Kier alpha value is -1.03. The number of imidazole rings is 1. The molecular weight excluding hydrogens is 281 g/mol. The Morgan fingerprint density at radius 3 is 2.74 bits per heavy atom. The van der Waals surface area contributed by atoms with Gasteiger partial charge in [-0.1, -0.05) is 36.2 Å². The summed E-state index contributed by atoms with van der Waals surface area (Å²) in [5.74, 6) is 0. The number of nitrogens with zero attached hydrogens (tertiary/aromatic N) is 2. The zero-order chi connectivity index (χ0) is 13.8. The minimum Gasteiger partial charge on any atom is -0.340 e. The van der Waals surface area contributed by atoms with Crippen LogP contribution in [0, 0.1) is 0 Å². The van der Waals surface area contributed by atoms with E-state index in [-0.39, 0.29) is 6.04 Å². The van der Waals surface area contributed by atoms with E-state index >= 15 is 0 Å². The van der Waals surface area contributed by atoms with E-state index in [0.717, 1.165) is 24.2 Å². The highest BCUT2D eigenvalue weighted by atomic mass is 35.5. The van der Waals surface area contributed by atoms with Crippen molar-refractivity contribution in [1.82, 2.24) is 14.9 Å². The molecule has 0 aliphatic carbocycles. The van der Waals surface area contributed by atoms with Gasteiger partial charge in [0.05, 0.1) is 18.1 Å². The fourth-order valence-electron chi connectivity index (χ4n) is 2.05. The number of benzene rings is 1. The highest BCUT2D eigenvalue weighted by Crippen LogP contribution is 2.25. The van der Waals surface area contributed by atoms with Crippen LogP contribution < -0.4 is 5.32 Å². The van der Waals surface area contributed by atoms with E-state index in [1.165, 1.54) is 0 Å². The summed E-state index contributed by atoms with van der Waals surface area (Å²) in [7, 11) is 1.97. The Morgan fingerprint density at radius 2 is 2.16 bits per heavy atom. The van der Waals surface area contributed by atoms with Crippen LogP contribution in [0.1, 0.15) is 24.2 Å². The summed E-state index contributed by atoms with van der Waals surface area (Å²) in [4.78, 5) is 4.41. The van der Waals surface area contributed by atoms with E-state index < -0.39 is 0 Å². The third-order valence-electron chi connectivity index (χ3n) is 2.97. The fourth-order valence-corrected chi connectivity index (χ4v) is 2.53. The molecule has 0 saturated carbocycles. The van der Waals surface area contributed by atoms with Crippen LogP contribution >= 0.6 is 23.2 Å². The molecule has 0 bridgehead atoms. The molecule has 0 radical (unpaired) electrons. The van der Waals surface area contributed by atoms with Crippen LogP contribution in [0.2, 0.25) is 10.0 Å². The number of nitrogens with one attached hydrogen (secondary N) is 1. The summed E-state index contributed by atoms with van der Waals surface area (Å²) in [6, 6.07) is 5.77. The molecule has 2 rings (SSSR count). The van der Waals surface area contributed by atoms with Crippen LogP contribution in [0.15, 0.2) is 30.7 Å². The van der Waals surface area contributed by atoms with Crippen LogP contribution in [0.5, 0.6) is 0 Å². The Balaban J connectivity index is 2.21. The monoisotopic (exact) mass is 297 g/mol. The first-order valence-corrected chi connectivity index (χ1v) is 7.01. The van der Waals surface area contributed by atoms with Crippen LogP contribution in [0.4, 0.5) is 0 Å². The van der Waals surface area contributed by atoms with E-state index in [9.17, 15) is 0 Å². The molecule has 2 aromatic rings. The lowest BCUT2D eigenvalue weighted by atomic mass is 10.0. The number of rotatable bonds is 5. The van der Waals surface area contributed by atoms with Gasteiger partial charge >= 0.3 is 0 Å². The molecule has 1 atom stereocenters. The van der Waals surface area contributed by atoms with Crippen LogP contribution in [0.25, 0.3) is 0 Å². The maximum absolute atomic E-state index is 6.23. The summed E-state index contributed by atoms with van der Waals surface area (Å²) in [5, 5.41) is 4.79. The minimum absolute atomic E-state index is 0.157. The molecule has 1 unspecified atom stereocenters. The second-order valence-electron chi connectivity index (χ2n) is 4.51. The van der Waals surface area contributed by atoms with Crippen molar-refractivity contribution in [2.75, 3.05) is 6.54 Å². The normalized spacial score (nSPS) is 12.6. The van der Waals surface area contributed by atoms with E-state index in [0.29, 0.717) is 10.0 Å². The Morgan fingerprint density at radius 1 is 1.37 bits per heavy atom. The maximum atomic E-state index is 6.23. The summed E-state index contributed by atoms with van der Waals surface area (Å²) in [6.45, 7) is 2.96. The van der Waals surface area contributed by atoms with Crippen LogP contribution in [-0.4, -0.2) is 16.1 Å². The lowest BCUT2D eigenvalue weighted by molar-refractivity contribution is 0.538. The second-order valence-corrected chi connectivity index (χ2v) is 5.36. The molecule has 19 heavy (non-hydrogen) atoms.